The summed E-state index contributed by atoms with van der Waals surface area (Å²) < 4.78 is 56.2. The highest BCUT2D eigenvalue weighted by atomic mass is 127. The topological polar surface area (TPSA) is 0 Å². The molecule has 0 saturated carbocycles. The predicted molar refractivity (Wildman–Crippen MR) is 32.6 cm³/mol. The van der Waals surface area contributed by atoms with E-state index in [0.717, 1.165) is 21.2 Å². The Hall–Kier alpha value is 0.730. The fourth-order valence-corrected chi connectivity index (χ4v) is 0.880. The summed E-state index contributed by atoms with van der Waals surface area (Å²) in [6.45, 7) is 0. The highest BCUT2D eigenvalue weighted by Gasteiger charge is 2.57. The molecule has 0 aromatic carbocycles. The van der Waals surface area contributed by atoms with Gasteiger partial charge in [-0.3, -0.25) is 0 Å². The molecule has 7 heteroatoms. The molecule has 0 bridgehead atoms. The molecule has 0 aliphatic rings. The Morgan fingerprint density at radius 1 is 1.00 bits per heavy atom. The quantitative estimate of drug-likeness (QED) is 0.524. The highest BCUT2D eigenvalue weighted by molar-refractivity contribution is 14.2. The average Bonchev–Trinajstić information content (AvgIpc) is 1.64. The van der Waals surface area contributed by atoms with E-state index >= 15 is 0 Å². The molecule has 56 valence electrons. The van der Waals surface area contributed by atoms with Gasteiger partial charge in [0.05, 0.1) is 0 Å². The van der Waals surface area contributed by atoms with E-state index in [2.05, 4.69) is 0 Å². The van der Waals surface area contributed by atoms with Crippen LogP contribution in [-0.2, 0) is 0 Å². The van der Waals surface area contributed by atoms with Gasteiger partial charge in [-0.2, -0.15) is 22.0 Å². The number of alkyl halides is 5. The summed E-state index contributed by atoms with van der Waals surface area (Å²) in [6.07, 6.45) is -5.43. The van der Waals surface area contributed by atoms with E-state index in [1.807, 2.05) is 0 Å². The molecule has 0 amide bonds. The summed E-state index contributed by atoms with van der Waals surface area (Å²) in [5, 5.41) is -4.62. The standard InChI is InChI=1S/C2F5IS/c3-1(4,5)2(6,7)9-8. The van der Waals surface area contributed by atoms with E-state index in [9.17, 15) is 22.0 Å². The third-order valence-electron chi connectivity index (χ3n) is 0.427. The van der Waals surface area contributed by atoms with Crippen LogP contribution in [0.3, 0.4) is 0 Å². The van der Waals surface area contributed by atoms with Crippen molar-refractivity contribution in [2.24, 2.45) is 0 Å². The molecule has 0 fully saturated rings. The normalized spacial score (nSPS) is 14.0. The second-order valence-corrected chi connectivity index (χ2v) is 3.08. The Kier molecular flexibility index (Phi) is 2.99. The minimum atomic E-state index is -5.43. The van der Waals surface area contributed by atoms with Gasteiger partial charge in [-0.25, -0.2) is 0 Å². The Balaban J connectivity index is 4.14. The smallest absolute Gasteiger partial charge is 0.183 e. The van der Waals surface area contributed by atoms with Crippen LogP contribution in [-0.4, -0.2) is 11.4 Å². The first-order valence-electron chi connectivity index (χ1n) is 1.55. The van der Waals surface area contributed by atoms with Crippen molar-refractivity contribution in [2.75, 3.05) is 0 Å². The molecule has 0 atom stereocenters. The molecule has 0 aromatic rings. The summed E-state index contributed by atoms with van der Waals surface area (Å²) >= 11 is 0.902. The minimum Gasteiger partial charge on any atom is -0.183 e. The zero-order chi connectivity index (χ0) is 7.71. The molecule has 0 nitrogen and oxygen atoms in total. The lowest BCUT2D eigenvalue weighted by Gasteiger charge is -2.14. The van der Waals surface area contributed by atoms with E-state index < -0.39 is 20.4 Å². The van der Waals surface area contributed by atoms with Crippen molar-refractivity contribution in [1.82, 2.24) is 0 Å². The van der Waals surface area contributed by atoms with Gasteiger partial charge in [0.1, 0.15) is 0 Å². The van der Waals surface area contributed by atoms with Crippen LogP contribution in [0.1, 0.15) is 0 Å². The van der Waals surface area contributed by atoms with Gasteiger partial charge < -0.3 is 0 Å². The van der Waals surface area contributed by atoms with Crippen LogP contribution in [0.4, 0.5) is 22.0 Å². The first-order valence-corrected chi connectivity index (χ1v) is 4.91. The second-order valence-electron chi connectivity index (χ2n) is 1.09. The van der Waals surface area contributed by atoms with Crippen molar-refractivity contribution < 1.29 is 22.0 Å². The molecule has 0 radical (unpaired) electrons. The molecular formula is C2F5IS. The third kappa shape index (κ3) is 2.44. The van der Waals surface area contributed by atoms with Gasteiger partial charge in [-0.15, -0.1) is 0 Å². The SMILES string of the molecule is FC(F)(F)C(F)(F)SI. The van der Waals surface area contributed by atoms with Gasteiger partial charge in [0.15, 0.2) is 0 Å². The lowest BCUT2D eigenvalue weighted by molar-refractivity contribution is -0.236. The fraction of sp³-hybridized carbons (Fsp3) is 1.00. The van der Waals surface area contributed by atoms with Crippen LogP contribution < -0.4 is 0 Å². The molecule has 0 heterocycles. The first-order chi connectivity index (χ1) is 3.81. The molecule has 0 unspecified atom stereocenters. The summed E-state index contributed by atoms with van der Waals surface area (Å²) in [4.78, 5) is 0. The van der Waals surface area contributed by atoms with Crippen molar-refractivity contribution in [3.05, 3.63) is 0 Å². The summed E-state index contributed by atoms with van der Waals surface area (Å²) in [6, 6.07) is 0. The van der Waals surface area contributed by atoms with E-state index in [-0.39, 0.29) is 0 Å². The third-order valence-corrected chi connectivity index (χ3v) is 2.51. The van der Waals surface area contributed by atoms with E-state index in [1.165, 1.54) is 0 Å². The summed E-state index contributed by atoms with van der Waals surface area (Å²) in [5.74, 6) is 0. The van der Waals surface area contributed by atoms with E-state index in [0.29, 0.717) is 0 Å². The molecule has 0 aliphatic heterocycles. The van der Waals surface area contributed by atoms with Crippen LogP contribution in [0.25, 0.3) is 0 Å². The van der Waals surface area contributed by atoms with Crippen molar-refractivity contribution in [2.45, 2.75) is 11.4 Å². The number of hydrogen-bond acceptors (Lipinski definition) is 1. The number of hydrogen-bond donors (Lipinski definition) is 0. The Morgan fingerprint density at radius 3 is 1.33 bits per heavy atom. The second kappa shape index (κ2) is 2.77. The zero-order valence-electron chi connectivity index (χ0n) is 3.68. The molecule has 0 saturated heterocycles. The molecule has 0 spiro atoms. The Bertz CT molecular complexity index is 97.6. The van der Waals surface area contributed by atoms with Crippen molar-refractivity contribution in [3.8, 4) is 0 Å². The van der Waals surface area contributed by atoms with Crippen LogP contribution in [0.5, 0.6) is 0 Å². The maximum Gasteiger partial charge on any atom is 0.464 e. The van der Waals surface area contributed by atoms with Crippen molar-refractivity contribution in [1.29, 1.82) is 0 Å². The van der Waals surface area contributed by atoms with Gasteiger partial charge in [-0.05, 0) is 8.93 Å². The lowest BCUT2D eigenvalue weighted by Crippen LogP contribution is -2.31. The summed E-state index contributed by atoms with van der Waals surface area (Å²) in [7, 11) is -0.554. The van der Waals surface area contributed by atoms with Crippen molar-refractivity contribution in [3.63, 3.8) is 0 Å². The monoisotopic (exact) mass is 278 g/mol. The van der Waals surface area contributed by atoms with Crippen molar-refractivity contribution >= 4 is 30.1 Å². The molecule has 0 rings (SSSR count). The van der Waals surface area contributed by atoms with E-state index in [4.69, 9.17) is 0 Å². The van der Waals surface area contributed by atoms with Crippen LogP contribution in [0.15, 0.2) is 0 Å². The first kappa shape index (κ1) is 9.73. The molecular weight excluding hydrogens is 278 g/mol. The number of rotatable bonds is 1. The van der Waals surface area contributed by atoms with Crippen LogP contribution in [0.2, 0.25) is 0 Å². The molecule has 9 heavy (non-hydrogen) atoms. The maximum atomic E-state index is 11.5. The van der Waals surface area contributed by atoms with Crippen LogP contribution >= 0.6 is 30.1 Å². The zero-order valence-corrected chi connectivity index (χ0v) is 6.65. The largest absolute Gasteiger partial charge is 0.464 e. The highest BCUT2D eigenvalue weighted by Crippen LogP contribution is 2.47. The lowest BCUT2D eigenvalue weighted by atomic mass is 10.7. The Labute approximate surface area is 63.8 Å². The number of halogens is 6. The van der Waals surface area contributed by atoms with Gasteiger partial charge in [0.2, 0.25) is 0 Å². The maximum absolute atomic E-state index is 11.5. The average molecular weight is 278 g/mol. The minimum absolute atomic E-state index is 0.554. The van der Waals surface area contributed by atoms with Gasteiger partial charge in [0, 0.05) is 21.2 Å². The van der Waals surface area contributed by atoms with Crippen LogP contribution in [0, 0.1) is 0 Å². The van der Waals surface area contributed by atoms with E-state index in [1.54, 1.807) is 0 Å². The predicted octanol–water partition coefficient (Wildman–Crippen LogP) is 3.22. The molecule has 0 aliphatic carbocycles. The molecule has 0 aromatic heterocycles. The molecule has 0 N–H and O–H groups in total. The van der Waals surface area contributed by atoms with Gasteiger partial charge in [0.25, 0.3) is 0 Å². The fourth-order valence-electron chi connectivity index (χ4n) is 0.0437. The Morgan fingerprint density at radius 2 is 1.33 bits per heavy atom. The van der Waals surface area contributed by atoms with Gasteiger partial charge >= 0.3 is 11.4 Å². The van der Waals surface area contributed by atoms with Gasteiger partial charge in [-0.1, -0.05) is 0 Å². The summed E-state index contributed by atoms with van der Waals surface area (Å²) in [5.41, 5.74) is 0.